The summed E-state index contributed by atoms with van der Waals surface area (Å²) < 4.78 is 11.1. The van der Waals surface area contributed by atoms with Crippen molar-refractivity contribution in [1.82, 2.24) is 0 Å². The maximum atomic E-state index is 12.0. The van der Waals surface area contributed by atoms with Crippen LogP contribution in [0.1, 0.15) is 10.4 Å². The van der Waals surface area contributed by atoms with Crippen LogP contribution < -0.4 is 10.1 Å². The number of hydrogen-bond donors (Lipinski definition) is 1. The van der Waals surface area contributed by atoms with Crippen LogP contribution in [0.25, 0.3) is 0 Å². The Morgan fingerprint density at radius 1 is 1.17 bits per heavy atom. The number of amides is 1. The number of esters is 1. The van der Waals surface area contributed by atoms with Gasteiger partial charge in [-0.15, -0.1) is 0 Å². The quantitative estimate of drug-likeness (QED) is 0.562. The fourth-order valence-electron chi connectivity index (χ4n) is 1.78. The number of benzene rings is 2. The Hall–Kier alpha value is -1.80. The molecule has 1 amide bonds. The van der Waals surface area contributed by atoms with Gasteiger partial charge in [-0.05, 0) is 65.1 Å². The lowest BCUT2D eigenvalue weighted by Gasteiger charge is -2.09. The SMILES string of the molecule is COc1ccc(Cl)cc1C(=O)OCC(=O)Nc1ccc(I)cc1. The Labute approximate surface area is 152 Å². The second kappa shape index (κ2) is 8.16. The average molecular weight is 446 g/mol. The molecule has 0 saturated heterocycles. The molecule has 1 N–H and O–H groups in total. The molecule has 0 heterocycles. The molecule has 0 aliphatic rings. The van der Waals surface area contributed by atoms with Gasteiger partial charge in [0.1, 0.15) is 11.3 Å². The van der Waals surface area contributed by atoms with Gasteiger partial charge < -0.3 is 14.8 Å². The molecule has 0 unspecified atom stereocenters. The number of halogens is 2. The highest BCUT2D eigenvalue weighted by atomic mass is 127. The zero-order valence-electron chi connectivity index (χ0n) is 12.1. The molecule has 2 aromatic rings. The molecule has 0 aliphatic heterocycles. The van der Waals surface area contributed by atoms with E-state index in [9.17, 15) is 9.59 Å². The van der Waals surface area contributed by atoms with Crippen LogP contribution in [0.15, 0.2) is 42.5 Å². The maximum Gasteiger partial charge on any atom is 0.342 e. The largest absolute Gasteiger partial charge is 0.496 e. The molecule has 0 aliphatic carbocycles. The van der Waals surface area contributed by atoms with Gasteiger partial charge in [0.2, 0.25) is 0 Å². The molecule has 0 aromatic heterocycles. The molecule has 120 valence electrons. The van der Waals surface area contributed by atoms with Crippen molar-refractivity contribution < 1.29 is 19.1 Å². The third-order valence-corrected chi connectivity index (χ3v) is 3.80. The number of ether oxygens (including phenoxy) is 2. The van der Waals surface area contributed by atoms with Crippen molar-refractivity contribution in [3.8, 4) is 5.75 Å². The molecule has 7 heteroatoms. The van der Waals surface area contributed by atoms with E-state index in [0.29, 0.717) is 16.5 Å². The Bertz CT molecular complexity index is 719. The van der Waals surface area contributed by atoms with Gasteiger partial charge in [-0.1, -0.05) is 11.6 Å². The molecule has 2 rings (SSSR count). The number of hydrogen-bond acceptors (Lipinski definition) is 4. The summed E-state index contributed by atoms with van der Waals surface area (Å²) in [6.45, 7) is -0.402. The van der Waals surface area contributed by atoms with Crippen LogP contribution >= 0.6 is 34.2 Å². The van der Waals surface area contributed by atoms with Gasteiger partial charge in [0, 0.05) is 14.3 Å². The standard InChI is InChI=1S/C16H13ClINO4/c1-22-14-7-2-10(17)8-13(14)16(21)23-9-15(20)19-12-5-3-11(18)4-6-12/h2-8H,9H2,1H3,(H,19,20). The zero-order valence-corrected chi connectivity index (χ0v) is 15.1. The summed E-state index contributed by atoms with van der Waals surface area (Å²) in [5, 5.41) is 3.02. The Kier molecular flexibility index (Phi) is 6.23. The van der Waals surface area contributed by atoms with E-state index >= 15 is 0 Å². The molecule has 2 aromatic carbocycles. The highest BCUT2D eigenvalue weighted by Gasteiger charge is 2.16. The van der Waals surface area contributed by atoms with Crippen LogP contribution in [0.2, 0.25) is 5.02 Å². The Balaban J connectivity index is 1.95. The number of rotatable bonds is 5. The first-order chi connectivity index (χ1) is 11.0. The second-order valence-electron chi connectivity index (χ2n) is 4.48. The van der Waals surface area contributed by atoms with Crippen molar-refractivity contribution in [3.63, 3.8) is 0 Å². The molecule has 0 fully saturated rings. The predicted molar refractivity (Wildman–Crippen MR) is 96.1 cm³/mol. The van der Waals surface area contributed by atoms with E-state index in [1.54, 1.807) is 24.3 Å². The van der Waals surface area contributed by atoms with Crippen LogP contribution in [0, 0.1) is 3.57 Å². The number of carbonyl (C=O) groups is 2. The monoisotopic (exact) mass is 445 g/mol. The van der Waals surface area contributed by atoms with Crippen molar-refractivity contribution in [2.24, 2.45) is 0 Å². The lowest BCUT2D eigenvalue weighted by atomic mass is 10.2. The normalized spacial score (nSPS) is 10.0. The molecule has 23 heavy (non-hydrogen) atoms. The molecule has 0 spiro atoms. The lowest BCUT2D eigenvalue weighted by molar-refractivity contribution is -0.119. The van der Waals surface area contributed by atoms with Crippen molar-refractivity contribution in [2.75, 3.05) is 19.0 Å². The minimum absolute atomic E-state index is 0.169. The summed E-state index contributed by atoms with van der Waals surface area (Å²) in [5.74, 6) is -0.778. The topological polar surface area (TPSA) is 64.6 Å². The third kappa shape index (κ3) is 5.11. The third-order valence-electron chi connectivity index (χ3n) is 2.84. The minimum atomic E-state index is -0.679. The van der Waals surface area contributed by atoms with Crippen molar-refractivity contribution >= 4 is 51.8 Å². The fraction of sp³-hybridized carbons (Fsp3) is 0.125. The first-order valence-electron chi connectivity index (χ1n) is 6.55. The summed E-state index contributed by atoms with van der Waals surface area (Å²) in [5.41, 5.74) is 0.800. The molecule has 5 nitrogen and oxygen atoms in total. The van der Waals surface area contributed by atoms with E-state index in [-0.39, 0.29) is 5.56 Å². The summed E-state index contributed by atoms with van der Waals surface area (Å²) in [6.07, 6.45) is 0. The van der Waals surface area contributed by atoms with Crippen LogP contribution in [0.3, 0.4) is 0 Å². The van der Waals surface area contributed by atoms with Gasteiger partial charge in [0.25, 0.3) is 5.91 Å². The van der Waals surface area contributed by atoms with Gasteiger partial charge in [-0.3, -0.25) is 4.79 Å². The summed E-state index contributed by atoms with van der Waals surface area (Å²) in [7, 11) is 1.43. The number of nitrogens with one attached hydrogen (secondary N) is 1. The van der Waals surface area contributed by atoms with Gasteiger partial charge in [0.15, 0.2) is 6.61 Å². The van der Waals surface area contributed by atoms with Crippen molar-refractivity contribution in [2.45, 2.75) is 0 Å². The van der Waals surface area contributed by atoms with Crippen LogP contribution in [0.4, 0.5) is 5.69 Å². The van der Waals surface area contributed by atoms with Crippen LogP contribution in [-0.4, -0.2) is 25.6 Å². The van der Waals surface area contributed by atoms with Crippen LogP contribution in [0.5, 0.6) is 5.75 Å². The molecule has 0 saturated carbocycles. The van der Waals surface area contributed by atoms with Crippen molar-refractivity contribution in [3.05, 3.63) is 56.6 Å². The van der Waals surface area contributed by atoms with E-state index in [4.69, 9.17) is 21.1 Å². The summed E-state index contributed by atoms with van der Waals surface area (Å²) >= 11 is 8.02. The van der Waals surface area contributed by atoms with E-state index < -0.39 is 18.5 Å². The number of anilines is 1. The fourth-order valence-corrected chi connectivity index (χ4v) is 2.31. The number of carbonyl (C=O) groups excluding carboxylic acids is 2. The molecular formula is C16H13ClINO4. The van der Waals surface area contributed by atoms with Crippen molar-refractivity contribution in [1.29, 1.82) is 0 Å². The lowest BCUT2D eigenvalue weighted by Crippen LogP contribution is -2.21. The molecule has 0 bridgehead atoms. The first kappa shape index (κ1) is 17.6. The van der Waals surface area contributed by atoms with Gasteiger partial charge >= 0.3 is 5.97 Å². The summed E-state index contributed by atoms with van der Waals surface area (Å²) in [4.78, 5) is 23.8. The van der Waals surface area contributed by atoms with E-state index in [2.05, 4.69) is 27.9 Å². The molecule has 0 atom stereocenters. The molecule has 0 radical (unpaired) electrons. The zero-order chi connectivity index (χ0) is 16.8. The average Bonchev–Trinajstić information content (AvgIpc) is 2.54. The van der Waals surface area contributed by atoms with E-state index in [1.807, 2.05) is 12.1 Å². The smallest absolute Gasteiger partial charge is 0.342 e. The maximum absolute atomic E-state index is 12.0. The number of methoxy groups -OCH3 is 1. The Morgan fingerprint density at radius 3 is 2.52 bits per heavy atom. The van der Waals surface area contributed by atoms with Gasteiger partial charge in [-0.2, -0.15) is 0 Å². The van der Waals surface area contributed by atoms with Gasteiger partial charge in [0.05, 0.1) is 7.11 Å². The molecular weight excluding hydrogens is 433 g/mol. The predicted octanol–water partition coefficient (Wildman–Crippen LogP) is 3.75. The highest BCUT2D eigenvalue weighted by Crippen LogP contribution is 2.23. The highest BCUT2D eigenvalue weighted by molar-refractivity contribution is 14.1. The Morgan fingerprint density at radius 2 is 1.87 bits per heavy atom. The second-order valence-corrected chi connectivity index (χ2v) is 6.16. The van der Waals surface area contributed by atoms with E-state index in [0.717, 1.165) is 3.57 Å². The first-order valence-corrected chi connectivity index (χ1v) is 8.01. The van der Waals surface area contributed by atoms with E-state index in [1.165, 1.54) is 13.2 Å². The van der Waals surface area contributed by atoms with Gasteiger partial charge in [-0.25, -0.2) is 4.79 Å². The van der Waals surface area contributed by atoms with Crippen LogP contribution in [-0.2, 0) is 9.53 Å². The summed E-state index contributed by atoms with van der Waals surface area (Å²) in [6, 6.07) is 11.8. The minimum Gasteiger partial charge on any atom is -0.496 e.